The van der Waals surface area contributed by atoms with Gasteiger partial charge in [0.25, 0.3) is 0 Å². The summed E-state index contributed by atoms with van der Waals surface area (Å²) in [5.41, 5.74) is 4.49. The van der Waals surface area contributed by atoms with Gasteiger partial charge in [0, 0.05) is 17.7 Å². The van der Waals surface area contributed by atoms with Gasteiger partial charge in [0.05, 0.1) is 11.4 Å². The molecule has 1 aliphatic carbocycles. The van der Waals surface area contributed by atoms with Crippen molar-refractivity contribution in [3.8, 4) is 23.0 Å². The summed E-state index contributed by atoms with van der Waals surface area (Å²) in [7, 11) is 0. The molecule has 3 aromatic carbocycles. The molecule has 3 aromatic rings. The molecule has 0 radical (unpaired) electrons. The SMILES string of the molecule is Nc1cc(OC2=C(F)C(F)=C(F)C(Oc3ccc(O)c(N)c3)(c3cc(F)c(F)c(F)c3F)C2F)ccc1O. The summed E-state index contributed by atoms with van der Waals surface area (Å²) in [6.07, 6.45) is -3.45. The molecule has 0 heterocycles. The molecular formula is C24H14F8N2O4. The Kier molecular flexibility index (Phi) is 6.51. The number of benzene rings is 3. The van der Waals surface area contributed by atoms with Gasteiger partial charge in [-0.25, -0.2) is 30.7 Å². The summed E-state index contributed by atoms with van der Waals surface area (Å²) in [5, 5.41) is 19.1. The van der Waals surface area contributed by atoms with E-state index in [9.17, 15) is 36.6 Å². The molecule has 2 unspecified atom stereocenters. The molecule has 0 spiro atoms. The number of halogens is 8. The Balaban J connectivity index is 1.99. The van der Waals surface area contributed by atoms with Gasteiger partial charge in [0.1, 0.15) is 23.0 Å². The predicted octanol–water partition coefficient (Wildman–Crippen LogP) is 5.86. The van der Waals surface area contributed by atoms with Gasteiger partial charge in [-0.2, -0.15) is 4.39 Å². The summed E-state index contributed by atoms with van der Waals surface area (Å²) in [6, 6.07) is 4.80. The van der Waals surface area contributed by atoms with E-state index in [1.807, 2.05) is 0 Å². The number of nitrogens with two attached hydrogens (primary N) is 2. The molecular weight excluding hydrogens is 532 g/mol. The quantitative estimate of drug-likeness (QED) is 0.105. The van der Waals surface area contributed by atoms with Crippen molar-refractivity contribution >= 4 is 11.4 Å². The molecule has 6 nitrogen and oxygen atoms in total. The second-order valence-corrected chi connectivity index (χ2v) is 7.90. The lowest BCUT2D eigenvalue weighted by molar-refractivity contribution is -0.0137. The first-order valence-corrected chi connectivity index (χ1v) is 10.3. The van der Waals surface area contributed by atoms with Crippen LogP contribution in [0.3, 0.4) is 0 Å². The van der Waals surface area contributed by atoms with Crippen LogP contribution in [0.2, 0.25) is 0 Å². The molecule has 0 saturated heterocycles. The number of hydrogen-bond donors (Lipinski definition) is 4. The molecule has 6 N–H and O–H groups in total. The average Bonchev–Trinajstić information content (AvgIpc) is 2.88. The van der Waals surface area contributed by atoms with E-state index in [0.717, 1.165) is 36.4 Å². The van der Waals surface area contributed by atoms with Crippen molar-refractivity contribution in [2.24, 2.45) is 0 Å². The first-order chi connectivity index (χ1) is 17.8. The van der Waals surface area contributed by atoms with Crippen LogP contribution in [-0.4, -0.2) is 16.4 Å². The third kappa shape index (κ3) is 4.07. The Labute approximate surface area is 207 Å². The number of phenols is 2. The van der Waals surface area contributed by atoms with E-state index >= 15 is 8.78 Å². The average molecular weight is 546 g/mol. The van der Waals surface area contributed by atoms with Crippen LogP contribution in [0.1, 0.15) is 5.56 Å². The Bertz CT molecular complexity index is 1530. The lowest BCUT2D eigenvalue weighted by Crippen LogP contribution is -2.49. The van der Waals surface area contributed by atoms with Gasteiger partial charge in [-0.1, -0.05) is 0 Å². The lowest BCUT2D eigenvalue weighted by atomic mass is 9.82. The van der Waals surface area contributed by atoms with Gasteiger partial charge in [-0.3, -0.25) is 0 Å². The van der Waals surface area contributed by atoms with Crippen LogP contribution in [0, 0.1) is 23.3 Å². The molecule has 0 fully saturated rings. The molecule has 0 saturated carbocycles. The van der Waals surface area contributed by atoms with Gasteiger partial charge < -0.3 is 31.2 Å². The van der Waals surface area contributed by atoms with Gasteiger partial charge in [0.2, 0.25) is 17.6 Å². The molecule has 0 aliphatic heterocycles. The maximum absolute atomic E-state index is 16.1. The molecule has 0 amide bonds. The fraction of sp³-hybridized carbons (Fsp3) is 0.0833. The predicted molar refractivity (Wildman–Crippen MR) is 117 cm³/mol. The molecule has 14 heteroatoms. The largest absolute Gasteiger partial charge is 0.506 e. The number of phenolic OH excluding ortho intramolecular Hbond substituents is 2. The number of aromatic hydroxyl groups is 2. The minimum absolute atomic E-state index is 0.212. The smallest absolute Gasteiger partial charge is 0.229 e. The lowest BCUT2D eigenvalue weighted by Gasteiger charge is -2.39. The van der Waals surface area contributed by atoms with Gasteiger partial charge in [-0.05, 0) is 30.3 Å². The first kappa shape index (κ1) is 26.4. The van der Waals surface area contributed by atoms with E-state index in [2.05, 4.69) is 0 Å². The minimum atomic E-state index is -3.90. The van der Waals surface area contributed by atoms with Crippen molar-refractivity contribution in [2.75, 3.05) is 11.5 Å². The highest BCUT2D eigenvalue weighted by atomic mass is 19.2. The van der Waals surface area contributed by atoms with Crippen molar-refractivity contribution < 1.29 is 54.8 Å². The maximum Gasteiger partial charge on any atom is 0.229 e. The molecule has 0 aromatic heterocycles. The van der Waals surface area contributed by atoms with Crippen LogP contribution in [0.4, 0.5) is 46.5 Å². The van der Waals surface area contributed by atoms with Crippen LogP contribution >= 0.6 is 0 Å². The normalized spacial score (nSPS) is 19.6. The summed E-state index contributed by atoms with van der Waals surface area (Å²) >= 11 is 0. The Morgan fingerprint density at radius 3 is 1.84 bits per heavy atom. The third-order valence-electron chi connectivity index (χ3n) is 5.52. The van der Waals surface area contributed by atoms with Crippen LogP contribution in [-0.2, 0) is 5.60 Å². The van der Waals surface area contributed by atoms with E-state index in [0.29, 0.717) is 0 Å². The van der Waals surface area contributed by atoms with Crippen molar-refractivity contribution in [1.82, 2.24) is 0 Å². The van der Waals surface area contributed by atoms with Crippen molar-refractivity contribution in [3.05, 3.63) is 94.5 Å². The topological polar surface area (TPSA) is 111 Å². The second kappa shape index (κ2) is 9.36. The number of rotatable bonds is 5. The minimum Gasteiger partial charge on any atom is -0.506 e. The van der Waals surface area contributed by atoms with E-state index in [1.165, 1.54) is 0 Å². The highest BCUT2D eigenvalue weighted by molar-refractivity contribution is 5.57. The molecule has 2 atom stereocenters. The molecule has 1 aliphatic rings. The molecule has 4 rings (SSSR count). The van der Waals surface area contributed by atoms with Gasteiger partial charge in [-0.15, -0.1) is 0 Å². The molecule has 38 heavy (non-hydrogen) atoms. The first-order valence-electron chi connectivity index (χ1n) is 10.3. The standard InChI is InChI=1S/C24H14F8N2O4/c25-11-7-10(16(26)18(28)17(11)27)24(38-9-2-4-15(36)13(34)6-9)22(31)20(30)19(29)21(23(24)32)37-8-1-3-14(35)12(33)5-8/h1-7,23,35-36H,33-34H2. The number of nitrogen functional groups attached to an aromatic ring is 2. The zero-order chi connectivity index (χ0) is 28.1. The van der Waals surface area contributed by atoms with Crippen LogP contribution in [0.5, 0.6) is 23.0 Å². The zero-order valence-electron chi connectivity index (χ0n) is 18.5. The van der Waals surface area contributed by atoms with Crippen molar-refractivity contribution in [1.29, 1.82) is 0 Å². The fourth-order valence-corrected chi connectivity index (χ4v) is 3.63. The summed E-state index contributed by atoms with van der Waals surface area (Å²) in [5.74, 6) is -20.8. The van der Waals surface area contributed by atoms with Gasteiger partial charge >= 0.3 is 0 Å². The van der Waals surface area contributed by atoms with E-state index in [-0.39, 0.29) is 11.8 Å². The van der Waals surface area contributed by atoms with Crippen LogP contribution < -0.4 is 20.9 Å². The van der Waals surface area contributed by atoms with Crippen molar-refractivity contribution in [3.63, 3.8) is 0 Å². The number of alkyl halides is 1. The van der Waals surface area contributed by atoms with Gasteiger partial charge in [0.15, 0.2) is 40.7 Å². The van der Waals surface area contributed by atoms with E-state index in [1.54, 1.807) is 0 Å². The summed E-state index contributed by atoms with van der Waals surface area (Å²) in [4.78, 5) is 0. The fourth-order valence-electron chi connectivity index (χ4n) is 3.63. The Morgan fingerprint density at radius 1 is 0.711 bits per heavy atom. The maximum atomic E-state index is 16.1. The monoisotopic (exact) mass is 546 g/mol. The van der Waals surface area contributed by atoms with E-state index < -0.39 is 92.5 Å². The Morgan fingerprint density at radius 2 is 1.26 bits per heavy atom. The summed E-state index contributed by atoms with van der Waals surface area (Å²) < 4.78 is 128. The molecule has 200 valence electrons. The highest BCUT2D eigenvalue weighted by Crippen LogP contribution is 2.52. The number of anilines is 2. The third-order valence-corrected chi connectivity index (χ3v) is 5.52. The highest BCUT2D eigenvalue weighted by Gasteiger charge is 2.59. The van der Waals surface area contributed by atoms with Crippen LogP contribution in [0.25, 0.3) is 0 Å². The molecule has 0 bridgehead atoms. The van der Waals surface area contributed by atoms with Crippen molar-refractivity contribution in [2.45, 2.75) is 11.8 Å². The van der Waals surface area contributed by atoms with Crippen LogP contribution in [0.15, 0.2) is 65.7 Å². The number of ether oxygens (including phenoxy) is 2. The van der Waals surface area contributed by atoms with E-state index in [4.69, 9.17) is 20.9 Å². The number of hydrogen-bond acceptors (Lipinski definition) is 6. The second-order valence-electron chi connectivity index (χ2n) is 7.90. The Hall–Kier alpha value is -4.62. The zero-order valence-corrected chi connectivity index (χ0v) is 18.5. The summed E-state index contributed by atoms with van der Waals surface area (Å²) in [6.45, 7) is 0. The number of allylic oxidation sites excluding steroid dienone is 2.